The average molecular weight is 173 g/mol. The summed E-state index contributed by atoms with van der Waals surface area (Å²) < 4.78 is 0. The van der Waals surface area contributed by atoms with Gasteiger partial charge in [0.2, 0.25) is 5.54 Å². The Bertz CT molecular complexity index is 198. The summed E-state index contributed by atoms with van der Waals surface area (Å²) in [4.78, 5) is 20.9. The van der Waals surface area contributed by atoms with E-state index in [0.717, 1.165) is 0 Å². The molecule has 0 N–H and O–H groups in total. The average Bonchev–Trinajstić information content (AvgIpc) is 1.85. The first-order valence-electron chi connectivity index (χ1n) is 3.92. The lowest BCUT2D eigenvalue weighted by Gasteiger charge is -2.21. The number of ketones is 1. The third kappa shape index (κ3) is 2.60. The van der Waals surface area contributed by atoms with E-state index in [0.29, 0.717) is 0 Å². The van der Waals surface area contributed by atoms with Crippen molar-refractivity contribution in [1.82, 2.24) is 0 Å². The smallest absolute Gasteiger partial charge is 0.219 e. The summed E-state index contributed by atoms with van der Waals surface area (Å²) >= 11 is 0. The minimum atomic E-state index is -1.01. The monoisotopic (exact) mass is 173 g/mol. The molecule has 0 aliphatic heterocycles. The molecular formula is C8H15NO3. The molecule has 4 heteroatoms. The molecule has 0 bridgehead atoms. The minimum absolute atomic E-state index is 0.00238. The normalized spacial score (nSPS) is 14.0. The van der Waals surface area contributed by atoms with Crippen LogP contribution in [0.15, 0.2) is 0 Å². The molecule has 4 nitrogen and oxygen atoms in total. The molecule has 1 atom stereocenters. The van der Waals surface area contributed by atoms with Gasteiger partial charge in [-0.3, -0.25) is 10.1 Å². The van der Waals surface area contributed by atoms with Gasteiger partial charge in [0.1, 0.15) is 5.78 Å². The van der Waals surface area contributed by atoms with Crippen molar-refractivity contribution in [2.75, 3.05) is 0 Å². The van der Waals surface area contributed by atoms with Crippen molar-refractivity contribution in [2.45, 2.75) is 39.7 Å². The van der Waals surface area contributed by atoms with E-state index in [2.05, 4.69) is 0 Å². The van der Waals surface area contributed by atoms with Crippen LogP contribution in [-0.4, -0.2) is 16.2 Å². The van der Waals surface area contributed by atoms with E-state index in [1.807, 2.05) is 0 Å². The van der Waals surface area contributed by atoms with E-state index in [1.165, 1.54) is 6.92 Å². The standard InChI is InChI=1S/C8H15NO3/c1-6(5-7(2)10)8(3,4)9(11)12/h6H,5H2,1-4H3. The van der Waals surface area contributed by atoms with Crippen LogP contribution >= 0.6 is 0 Å². The largest absolute Gasteiger partial charge is 0.300 e. The van der Waals surface area contributed by atoms with Crippen molar-refractivity contribution in [3.05, 3.63) is 10.1 Å². The van der Waals surface area contributed by atoms with Crippen molar-refractivity contribution in [2.24, 2.45) is 5.92 Å². The molecular weight excluding hydrogens is 158 g/mol. The van der Waals surface area contributed by atoms with Gasteiger partial charge in [-0.15, -0.1) is 0 Å². The van der Waals surface area contributed by atoms with Crippen LogP contribution in [0.4, 0.5) is 0 Å². The fourth-order valence-electron chi connectivity index (χ4n) is 0.861. The first kappa shape index (κ1) is 11.1. The molecule has 0 amide bonds. The molecule has 0 heterocycles. The van der Waals surface area contributed by atoms with Crippen LogP contribution in [0.25, 0.3) is 0 Å². The van der Waals surface area contributed by atoms with Gasteiger partial charge in [0.15, 0.2) is 0 Å². The van der Waals surface area contributed by atoms with Gasteiger partial charge in [0.05, 0.1) is 0 Å². The predicted octanol–water partition coefficient (Wildman–Crippen LogP) is 1.66. The third-order valence-corrected chi connectivity index (χ3v) is 2.27. The molecule has 0 saturated carbocycles. The molecule has 0 fully saturated rings. The molecule has 1 unspecified atom stereocenters. The highest BCUT2D eigenvalue weighted by Gasteiger charge is 2.37. The van der Waals surface area contributed by atoms with Crippen molar-refractivity contribution >= 4 is 5.78 Å². The number of nitro groups is 1. The maximum Gasteiger partial charge on any atom is 0.219 e. The SMILES string of the molecule is CC(=O)CC(C)C(C)(C)[N+](=O)[O-]. The van der Waals surface area contributed by atoms with E-state index >= 15 is 0 Å². The van der Waals surface area contributed by atoms with Gasteiger partial charge in [-0.1, -0.05) is 6.92 Å². The number of Topliss-reactive ketones (excluding diaryl/α,β-unsaturated/α-hetero) is 1. The van der Waals surface area contributed by atoms with Crippen LogP contribution in [-0.2, 0) is 4.79 Å². The lowest BCUT2D eigenvalue weighted by atomic mass is 9.86. The Kier molecular flexibility index (Phi) is 3.36. The second-order valence-corrected chi connectivity index (χ2v) is 3.72. The van der Waals surface area contributed by atoms with E-state index < -0.39 is 5.54 Å². The van der Waals surface area contributed by atoms with Crippen LogP contribution in [0, 0.1) is 16.0 Å². The van der Waals surface area contributed by atoms with E-state index in [1.54, 1.807) is 20.8 Å². The van der Waals surface area contributed by atoms with Crippen LogP contribution in [0.2, 0.25) is 0 Å². The number of hydrogen-bond donors (Lipinski definition) is 0. The number of carbonyl (C=O) groups is 1. The van der Waals surface area contributed by atoms with Crippen molar-refractivity contribution in [3.63, 3.8) is 0 Å². The first-order chi connectivity index (χ1) is 5.28. The van der Waals surface area contributed by atoms with E-state index in [-0.39, 0.29) is 23.0 Å². The zero-order valence-corrected chi connectivity index (χ0v) is 7.96. The molecule has 0 saturated heterocycles. The molecule has 0 aromatic carbocycles. The molecule has 0 radical (unpaired) electrons. The molecule has 12 heavy (non-hydrogen) atoms. The fourth-order valence-corrected chi connectivity index (χ4v) is 0.861. The maximum atomic E-state index is 10.7. The molecule has 0 aromatic rings. The van der Waals surface area contributed by atoms with Crippen LogP contribution in [0.3, 0.4) is 0 Å². The second-order valence-electron chi connectivity index (χ2n) is 3.72. The summed E-state index contributed by atoms with van der Waals surface area (Å²) in [6, 6.07) is 0. The molecule has 0 aromatic heterocycles. The van der Waals surface area contributed by atoms with Gasteiger partial charge in [-0.25, -0.2) is 0 Å². The van der Waals surface area contributed by atoms with Crippen LogP contribution < -0.4 is 0 Å². The quantitative estimate of drug-likeness (QED) is 0.479. The highest BCUT2D eigenvalue weighted by molar-refractivity contribution is 5.75. The lowest BCUT2D eigenvalue weighted by Crippen LogP contribution is -2.38. The van der Waals surface area contributed by atoms with Gasteiger partial charge in [-0.2, -0.15) is 0 Å². The van der Waals surface area contributed by atoms with Gasteiger partial charge in [0, 0.05) is 31.1 Å². The summed E-state index contributed by atoms with van der Waals surface area (Å²) in [6.07, 6.45) is 0.272. The first-order valence-corrected chi connectivity index (χ1v) is 3.92. The number of carbonyl (C=O) groups excluding carboxylic acids is 1. The van der Waals surface area contributed by atoms with Crippen molar-refractivity contribution in [1.29, 1.82) is 0 Å². The van der Waals surface area contributed by atoms with E-state index in [4.69, 9.17) is 0 Å². The lowest BCUT2D eigenvalue weighted by molar-refractivity contribution is -0.570. The Hall–Kier alpha value is -0.930. The fraction of sp³-hybridized carbons (Fsp3) is 0.875. The van der Waals surface area contributed by atoms with Crippen molar-refractivity contribution in [3.8, 4) is 0 Å². The molecule has 70 valence electrons. The topological polar surface area (TPSA) is 60.2 Å². The van der Waals surface area contributed by atoms with Gasteiger partial charge < -0.3 is 4.79 Å². The number of rotatable bonds is 4. The summed E-state index contributed by atoms with van der Waals surface area (Å²) in [5.74, 6) is -0.220. The minimum Gasteiger partial charge on any atom is -0.300 e. The Morgan fingerprint density at radius 3 is 2.25 bits per heavy atom. The molecule has 0 spiro atoms. The van der Waals surface area contributed by atoms with Gasteiger partial charge >= 0.3 is 0 Å². The van der Waals surface area contributed by atoms with Crippen molar-refractivity contribution < 1.29 is 9.72 Å². The van der Waals surface area contributed by atoms with Crippen LogP contribution in [0.1, 0.15) is 34.1 Å². The third-order valence-electron chi connectivity index (χ3n) is 2.27. The Balaban J connectivity index is 4.35. The molecule has 0 aliphatic rings. The maximum absolute atomic E-state index is 10.7. The Morgan fingerprint density at radius 2 is 2.00 bits per heavy atom. The Labute approximate surface area is 72.1 Å². The summed E-state index contributed by atoms with van der Waals surface area (Å²) in [6.45, 7) is 6.26. The highest BCUT2D eigenvalue weighted by atomic mass is 16.6. The van der Waals surface area contributed by atoms with Crippen LogP contribution in [0.5, 0.6) is 0 Å². The molecule has 0 rings (SSSR count). The zero-order valence-electron chi connectivity index (χ0n) is 7.96. The summed E-state index contributed by atoms with van der Waals surface area (Å²) in [5.41, 5.74) is -1.01. The zero-order chi connectivity index (χ0) is 9.94. The summed E-state index contributed by atoms with van der Waals surface area (Å²) in [7, 11) is 0. The summed E-state index contributed by atoms with van der Waals surface area (Å²) in [5, 5.41) is 10.5. The van der Waals surface area contributed by atoms with E-state index in [9.17, 15) is 14.9 Å². The second kappa shape index (κ2) is 3.65. The van der Waals surface area contributed by atoms with Gasteiger partial charge in [0.25, 0.3) is 0 Å². The Morgan fingerprint density at radius 1 is 1.58 bits per heavy atom. The predicted molar refractivity (Wildman–Crippen MR) is 45.5 cm³/mol. The van der Waals surface area contributed by atoms with Gasteiger partial charge in [-0.05, 0) is 6.92 Å². The highest BCUT2D eigenvalue weighted by Crippen LogP contribution is 2.22. The number of hydrogen-bond acceptors (Lipinski definition) is 3. The molecule has 0 aliphatic carbocycles. The number of nitrogens with zero attached hydrogens (tertiary/aromatic N) is 1.